The average molecular weight is 296 g/mol. The van der Waals surface area contributed by atoms with Crippen molar-refractivity contribution in [3.05, 3.63) is 24.3 Å². The van der Waals surface area contributed by atoms with Gasteiger partial charge in [-0.15, -0.1) is 11.8 Å². The van der Waals surface area contributed by atoms with Gasteiger partial charge in [-0.3, -0.25) is 9.80 Å². The second-order valence-electron chi connectivity index (χ2n) is 4.55. The number of nitrogens with zero attached hydrogens (tertiary/aromatic N) is 2. The molecule has 1 heterocycles. The molecule has 0 aromatic heterocycles. The fourth-order valence-electron chi connectivity index (χ4n) is 2.08. The summed E-state index contributed by atoms with van der Waals surface area (Å²) in [4.78, 5) is 26.4. The summed E-state index contributed by atoms with van der Waals surface area (Å²) in [5, 5.41) is 18.3. The summed E-state index contributed by atoms with van der Waals surface area (Å²) in [5.41, 5.74) is 0.598. The first-order valence-electron chi connectivity index (χ1n) is 6.11. The summed E-state index contributed by atoms with van der Waals surface area (Å²) in [6.45, 7) is 1.82. The maximum Gasteiger partial charge on any atom is 0.327 e. The third-order valence-electron chi connectivity index (χ3n) is 3.25. The lowest BCUT2D eigenvalue weighted by Gasteiger charge is -2.30. The van der Waals surface area contributed by atoms with Crippen LogP contribution < -0.4 is 4.90 Å². The fraction of sp³-hybridized carbons (Fsp3) is 0.385. The van der Waals surface area contributed by atoms with Crippen molar-refractivity contribution in [2.75, 3.05) is 17.7 Å². The molecule has 0 aliphatic carbocycles. The third kappa shape index (κ3) is 2.67. The van der Waals surface area contributed by atoms with Crippen LogP contribution in [0.15, 0.2) is 24.3 Å². The van der Waals surface area contributed by atoms with E-state index >= 15 is 0 Å². The van der Waals surface area contributed by atoms with Gasteiger partial charge < -0.3 is 10.2 Å². The van der Waals surface area contributed by atoms with E-state index in [4.69, 9.17) is 0 Å². The maximum absolute atomic E-state index is 12.5. The molecule has 0 saturated carbocycles. The molecule has 1 aromatic carbocycles. The normalized spacial score (nSPS) is 21.8. The number of aliphatic carboxylic acids is 1. The summed E-state index contributed by atoms with van der Waals surface area (Å²) < 4.78 is 0. The van der Waals surface area contributed by atoms with Gasteiger partial charge in [-0.2, -0.15) is 0 Å². The Morgan fingerprint density at radius 3 is 2.50 bits per heavy atom. The van der Waals surface area contributed by atoms with Crippen molar-refractivity contribution < 1.29 is 19.8 Å². The van der Waals surface area contributed by atoms with E-state index in [2.05, 4.69) is 0 Å². The average Bonchev–Trinajstić information content (AvgIpc) is 2.80. The van der Waals surface area contributed by atoms with Crippen LogP contribution in [0.25, 0.3) is 0 Å². The van der Waals surface area contributed by atoms with E-state index in [1.165, 1.54) is 33.7 Å². The number of carboxylic acids is 1. The zero-order chi connectivity index (χ0) is 14.9. The molecule has 6 nitrogen and oxygen atoms in total. The van der Waals surface area contributed by atoms with Gasteiger partial charge in [0.2, 0.25) is 0 Å². The molecule has 0 radical (unpaired) electrons. The molecule has 1 aliphatic rings. The van der Waals surface area contributed by atoms with E-state index in [1.54, 1.807) is 19.2 Å². The zero-order valence-corrected chi connectivity index (χ0v) is 12.0. The molecule has 2 rings (SSSR count). The van der Waals surface area contributed by atoms with E-state index < -0.39 is 12.0 Å². The largest absolute Gasteiger partial charge is 0.508 e. The number of carbonyl (C=O) groups excluding carboxylic acids is 1. The number of aromatic hydroxyl groups is 1. The Kier molecular flexibility index (Phi) is 4.08. The topological polar surface area (TPSA) is 81.1 Å². The highest BCUT2D eigenvalue weighted by Crippen LogP contribution is 2.30. The Hall–Kier alpha value is -1.89. The number of hydrogen-bond acceptors (Lipinski definition) is 4. The molecule has 108 valence electrons. The molecular formula is C13H16N2O4S. The molecule has 0 spiro atoms. The van der Waals surface area contributed by atoms with Crippen molar-refractivity contribution in [3.8, 4) is 5.75 Å². The minimum Gasteiger partial charge on any atom is -0.508 e. The monoisotopic (exact) mass is 296 g/mol. The first-order chi connectivity index (χ1) is 9.41. The third-order valence-corrected chi connectivity index (χ3v) is 4.47. The molecule has 0 bridgehead atoms. The van der Waals surface area contributed by atoms with Crippen LogP contribution in [0.1, 0.15) is 6.92 Å². The lowest BCUT2D eigenvalue weighted by Crippen LogP contribution is -2.50. The Balaban J connectivity index is 2.21. The van der Waals surface area contributed by atoms with Crippen LogP contribution in [-0.4, -0.2) is 51.3 Å². The van der Waals surface area contributed by atoms with E-state index in [9.17, 15) is 19.8 Å². The van der Waals surface area contributed by atoms with Crippen molar-refractivity contribution >= 4 is 29.4 Å². The zero-order valence-electron chi connectivity index (χ0n) is 11.2. The summed E-state index contributed by atoms with van der Waals surface area (Å²) >= 11 is 1.44. The van der Waals surface area contributed by atoms with E-state index in [-0.39, 0.29) is 17.2 Å². The predicted molar refractivity (Wildman–Crippen MR) is 77.1 cm³/mol. The SMILES string of the molecule is CC1SCC(C(=O)O)N1C(=O)N(C)c1ccc(O)cc1. The number of phenolic OH excluding ortho intramolecular Hbond substituents is 1. The Morgan fingerprint density at radius 2 is 1.95 bits per heavy atom. The fourth-order valence-corrected chi connectivity index (χ4v) is 3.25. The summed E-state index contributed by atoms with van der Waals surface area (Å²) in [7, 11) is 1.59. The van der Waals surface area contributed by atoms with Gasteiger partial charge in [-0.25, -0.2) is 9.59 Å². The van der Waals surface area contributed by atoms with Gasteiger partial charge in [-0.05, 0) is 31.2 Å². The van der Waals surface area contributed by atoms with Gasteiger partial charge in [0.15, 0.2) is 0 Å². The number of anilines is 1. The number of phenols is 1. The molecular weight excluding hydrogens is 280 g/mol. The molecule has 20 heavy (non-hydrogen) atoms. The lowest BCUT2D eigenvalue weighted by molar-refractivity contribution is -0.141. The Bertz CT molecular complexity index is 520. The van der Waals surface area contributed by atoms with Crippen LogP contribution in [0.2, 0.25) is 0 Å². The molecule has 1 fully saturated rings. The number of thioether (sulfide) groups is 1. The van der Waals surface area contributed by atoms with Gasteiger partial charge in [0.25, 0.3) is 0 Å². The number of carbonyl (C=O) groups is 2. The number of rotatable bonds is 2. The van der Waals surface area contributed by atoms with Crippen molar-refractivity contribution in [2.45, 2.75) is 18.3 Å². The number of benzene rings is 1. The van der Waals surface area contributed by atoms with Crippen molar-refractivity contribution in [1.82, 2.24) is 4.90 Å². The highest BCUT2D eigenvalue weighted by molar-refractivity contribution is 8.00. The van der Waals surface area contributed by atoms with Crippen molar-refractivity contribution in [1.29, 1.82) is 0 Å². The number of urea groups is 1. The van der Waals surface area contributed by atoms with Crippen molar-refractivity contribution in [2.24, 2.45) is 0 Å². The van der Waals surface area contributed by atoms with Crippen molar-refractivity contribution in [3.63, 3.8) is 0 Å². The van der Waals surface area contributed by atoms with Crippen LogP contribution in [0.5, 0.6) is 5.75 Å². The van der Waals surface area contributed by atoms with Gasteiger partial charge in [-0.1, -0.05) is 0 Å². The van der Waals surface area contributed by atoms with Gasteiger partial charge in [0, 0.05) is 18.5 Å². The second kappa shape index (κ2) is 5.62. The minimum atomic E-state index is -0.991. The highest BCUT2D eigenvalue weighted by Gasteiger charge is 2.40. The minimum absolute atomic E-state index is 0.114. The number of carboxylic acid groups (broad SMARTS) is 1. The van der Waals surface area contributed by atoms with Gasteiger partial charge >= 0.3 is 12.0 Å². The lowest BCUT2D eigenvalue weighted by atomic mass is 10.2. The summed E-state index contributed by atoms with van der Waals surface area (Å²) in [6.07, 6.45) is 0. The molecule has 1 saturated heterocycles. The van der Waals surface area contributed by atoms with E-state index in [0.29, 0.717) is 11.4 Å². The quantitative estimate of drug-likeness (QED) is 0.869. The first kappa shape index (κ1) is 14.5. The van der Waals surface area contributed by atoms with Crippen LogP contribution in [0.3, 0.4) is 0 Å². The summed E-state index contributed by atoms with van der Waals surface area (Å²) in [6, 6.07) is 5.02. The smallest absolute Gasteiger partial charge is 0.327 e. The van der Waals surface area contributed by atoms with Crippen LogP contribution in [0.4, 0.5) is 10.5 Å². The number of amides is 2. The van der Waals surface area contributed by atoms with Crippen LogP contribution >= 0.6 is 11.8 Å². The molecule has 2 N–H and O–H groups in total. The molecule has 1 aliphatic heterocycles. The number of hydrogen-bond donors (Lipinski definition) is 2. The Labute approximate surface area is 121 Å². The maximum atomic E-state index is 12.5. The Morgan fingerprint density at radius 1 is 1.35 bits per heavy atom. The second-order valence-corrected chi connectivity index (χ2v) is 5.90. The van der Waals surface area contributed by atoms with Crippen LogP contribution in [0, 0.1) is 0 Å². The first-order valence-corrected chi connectivity index (χ1v) is 7.16. The standard InChI is InChI=1S/C13H16N2O4S/c1-8-15(11(7-20-8)12(17)18)13(19)14(2)9-3-5-10(16)6-4-9/h3-6,8,11,16H,7H2,1-2H3,(H,17,18). The molecule has 2 atom stereocenters. The molecule has 7 heteroatoms. The van der Waals surface area contributed by atoms with Gasteiger partial charge in [0.1, 0.15) is 11.8 Å². The highest BCUT2D eigenvalue weighted by atomic mass is 32.2. The molecule has 2 amide bonds. The predicted octanol–water partition coefficient (Wildman–Crippen LogP) is 1.80. The van der Waals surface area contributed by atoms with Gasteiger partial charge in [0.05, 0.1) is 5.37 Å². The van der Waals surface area contributed by atoms with E-state index in [0.717, 1.165) is 0 Å². The summed E-state index contributed by atoms with van der Waals surface area (Å²) in [5.74, 6) is -0.483. The van der Waals surface area contributed by atoms with E-state index in [1.807, 2.05) is 6.92 Å². The molecule has 2 unspecified atom stereocenters. The van der Waals surface area contributed by atoms with Crippen LogP contribution in [-0.2, 0) is 4.79 Å². The molecule has 1 aromatic rings.